The minimum absolute atomic E-state index is 1.03. The van der Waals surface area contributed by atoms with Crippen LogP contribution < -0.4 is 21.2 Å². The molecule has 0 aromatic heterocycles. The third-order valence-corrected chi connectivity index (χ3v) is 17.6. The molecule has 0 spiro atoms. The maximum atomic E-state index is 7.36. The SMILES string of the molecule is S=P(c1ccccc1)(c1ccccc1)N(Cl)P(=S)(c1ccccc1)c1ccccc1. The van der Waals surface area contributed by atoms with Crippen molar-refractivity contribution in [1.82, 2.24) is 3.96 Å². The predicted molar refractivity (Wildman–Crippen MR) is 141 cm³/mol. The summed E-state index contributed by atoms with van der Waals surface area (Å²) in [6, 6.07) is 40.6. The fraction of sp³-hybridized carbons (Fsp3) is 0. The van der Waals surface area contributed by atoms with Crippen LogP contribution in [0.2, 0.25) is 0 Å². The Morgan fingerprint density at radius 2 is 0.633 bits per heavy atom. The van der Waals surface area contributed by atoms with Gasteiger partial charge in [0.2, 0.25) is 0 Å². The molecule has 0 radical (unpaired) electrons. The summed E-state index contributed by atoms with van der Waals surface area (Å²) >= 11 is 20.3. The summed E-state index contributed by atoms with van der Waals surface area (Å²) in [5.74, 6) is 0. The Bertz CT molecular complexity index is 1020. The van der Waals surface area contributed by atoms with Gasteiger partial charge in [-0.2, -0.15) is 0 Å². The molecule has 4 rings (SSSR count). The van der Waals surface area contributed by atoms with Gasteiger partial charge in [-0.3, -0.25) is 0 Å². The highest BCUT2D eigenvalue weighted by atomic mass is 35.5. The van der Waals surface area contributed by atoms with E-state index >= 15 is 0 Å². The third-order valence-electron chi connectivity index (χ3n) is 4.89. The number of nitrogens with zero attached hydrogens (tertiary/aromatic N) is 1. The van der Waals surface area contributed by atoms with Gasteiger partial charge >= 0.3 is 0 Å². The van der Waals surface area contributed by atoms with Crippen LogP contribution in [0.15, 0.2) is 121 Å². The van der Waals surface area contributed by atoms with E-state index in [0.717, 1.165) is 21.2 Å². The van der Waals surface area contributed by atoms with E-state index in [-0.39, 0.29) is 0 Å². The van der Waals surface area contributed by atoms with E-state index in [9.17, 15) is 0 Å². The van der Waals surface area contributed by atoms with Crippen molar-refractivity contribution < 1.29 is 0 Å². The largest absolute Gasteiger partial charge is 0.143 e. The first-order chi connectivity index (χ1) is 14.6. The van der Waals surface area contributed by atoms with Gasteiger partial charge in [-0.1, -0.05) is 145 Å². The zero-order chi connectivity index (χ0) is 21.0. The van der Waals surface area contributed by atoms with Crippen LogP contribution in [-0.2, 0) is 23.6 Å². The lowest BCUT2D eigenvalue weighted by atomic mass is 10.4. The molecular formula is C24H20ClNP2S2. The van der Waals surface area contributed by atoms with Crippen LogP contribution in [0.3, 0.4) is 0 Å². The predicted octanol–water partition coefficient (Wildman–Crippen LogP) is 5.53. The van der Waals surface area contributed by atoms with Crippen molar-refractivity contribution in [2.45, 2.75) is 0 Å². The van der Waals surface area contributed by atoms with Gasteiger partial charge in [0.15, 0.2) is 0 Å². The number of rotatable bonds is 6. The van der Waals surface area contributed by atoms with Gasteiger partial charge in [0.25, 0.3) is 0 Å². The van der Waals surface area contributed by atoms with Gasteiger partial charge in [0.1, 0.15) is 0 Å². The van der Waals surface area contributed by atoms with Gasteiger partial charge in [0.05, 0.1) is 12.4 Å². The molecule has 0 aliphatic rings. The topological polar surface area (TPSA) is 3.24 Å². The number of benzene rings is 4. The van der Waals surface area contributed by atoms with Crippen LogP contribution in [0.25, 0.3) is 0 Å². The van der Waals surface area contributed by atoms with Crippen molar-refractivity contribution in [3.8, 4) is 0 Å². The Hall–Kier alpha value is -1.57. The number of hydrogen-bond donors (Lipinski definition) is 0. The molecule has 0 saturated heterocycles. The smallest absolute Gasteiger partial charge is 0.0901 e. The van der Waals surface area contributed by atoms with Crippen molar-refractivity contribution in [2.75, 3.05) is 0 Å². The zero-order valence-corrected chi connectivity index (χ0v) is 20.3. The Balaban J connectivity index is 2.01. The molecule has 1 nitrogen and oxygen atoms in total. The Morgan fingerprint density at radius 1 is 0.433 bits per heavy atom. The first kappa shape index (κ1) is 21.7. The third kappa shape index (κ3) is 3.87. The summed E-state index contributed by atoms with van der Waals surface area (Å²) in [5, 5.41) is 4.12. The number of halogens is 1. The van der Waals surface area contributed by atoms with E-state index in [4.69, 9.17) is 35.4 Å². The Morgan fingerprint density at radius 3 is 0.833 bits per heavy atom. The first-order valence-corrected chi connectivity index (χ1v) is 15.3. The molecule has 0 N–H and O–H groups in total. The van der Waals surface area contributed by atoms with E-state index in [0.29, 0.717) is 0 Å². The van der Waals surface area contributed by atoms with Crippen LogP contribution in [-0.4, -0.2) is 3.96 Å². The summed E-state index contributed by atoms with van der Waals surface area (Å²) in [7, 11) is 0. The van der Waals surface area contributed by atoms with Crippen molar-refractivity contribution in [3.05, 3.63) is 121 Å². The molecule has 0 unspecified atom stereocenters. The standard InChI is InChI=1S/C24H20ClNP2S2/c25-26(27(29,21-13-5-1-6-14-21)22-15-7-2-8-16-22)28(30,23-17-9-3-10-18-23)24-19-11-4-12-20-24/h1-20H. The van der Waals surface area contributed by atoms with Crippen molar-refractivity contribution in [2.24, 2.45) is 0 Å². The molecule has 0 amide bonds. The molecule has 0 fully saturated rings. The van der Waals surface area contributed by atoms with Gasteiger partial charge < -0.3 is 0 Å². The van der Waals surface area contributed by atoms with Crippen LogP contribution in [0.4, 0.5) is 0 Å². The molecular weight excluding hydrogens is 464 g/mol. The van der Waals surface area contributed by atoms with Gasteiger partial charge in [-0.25, -0.2) is 0 Å². The lowest BCUT2D eigenvalue weighted by Gasteiger charge is -2.39. The van der Waals surface area contributed by atoms with E-state index in [1.54, 1.807) is 0 Å². The molecule has 150 valence electrons. The van der Waals surface area contributed by atoms with Gasteiger partial charge in [-0.05, 0) is 11.8 Å². The zero-order valence-electron chi connectivity index (χ0n) is 16.1. The number of hydrogen-bond acceptors (Lipinski definition) is 2. The molecule has 30 heavy (non-hydrogen) atoms. The highest BCUT2D eigenvalue weighted by Crippen LogP contribution is 2.66. The summed E-state index contributed by atoms with van der Waals surface area (Å²) in [6.07, 6.45) is -5.18. The van der Waals surface area contributed by atoms with Gasteiger partial charge in [0, 0.05) is 21.2 Å². The van der Waals surface area contributed by atoms with Crippen molar-refractivity contribution >= 4 is 69.0 Å². The summed E-state index contributed by atoms with van der Waals surface area (Å²) in [4.78, 5) is 0. The normalized spacial score (nSPS) is 12.1. The molecule has 0 aliphatic heterocycles. The molecule has 4 aromatic carbocycles. The lowest BCUT2D eigenvalue weighted by molar-refractivity contribution is 1.20. The van der Waals surface area contributed by atoms with Crippen molar-refractivity contribution in [3.63, 3.8) is 0 Å². The summed E-state index contributed by atoms with van der Waals surface area (Å²) < 4.78 is 1.85. The molecule has 6 heteroatoms. The second-order valence-corrected chi connectivity index (χ2v) is 16.2. The summed E-state index contributed by atoms with van der Waals surface area (Å²) in [5.41, 5.74) is 0. The van der Waals surface area contributed by atoms with E-state index in [1.165, 1.54) is 0 Å². The monoisotopic (exact) mass is 483 g/mol. The highest BCUT2D eigenvalue weighted by Gasteiger charge is 2.40. The Labute approximate surface area is 193 Å². The molecule has 4 aromatic rings. The second-order valence-electron chi connectivity index (χ2n) is 6.73. The maximum absolute atomic E-state index is 7.36. The minimum Gasteiger partial charge on any atom is -0.143 e. The fourth-order valence-electron chi connectivity index (χ4n) is 3.38. The second kappa shape index (κ2) is 9.28. The van der Waals surface area contributed by atoms with Gasteiger partial charge in [-0.15, -0.1) is 3.96 Å². The van der Waals surface area contributed by atoms with Crippen LogP contribution in [0.5, 0.6) is 0 Å². The summed E-state index contributed by atoms with van der Waals surface area (Å²) in [6.45, 7) is 0. The first-order valence-electron chi connectivity index (χ1n) is 9.47. The molecule has 0 bridgehead atoms. The molecule has 0 saturated carbocycles. The van der Waals surface area contributed by atoms with E-state index in [1.807, 2.05) is 76.8 Å². The van der Waals surface area contributed by atoms with Crippen LogP contribution in [0, 0.1) is 0 Å². The average Bonchev–Trinajstić information content (AvgIpc) is 2.84. The van der Waals surface area contributed by atoms with E-state index < -0.39 is 12.4 Å². The lowest BCUT2D eigenvalue weighted by Crippen LogP contribution is -2.31. The minimum atomic E-state index is -2.59. The highest BCUT2D eigenvalue weighted by molar-refractivity contribution is 8.30. The molecule has 0 atom stereocenters. The maximum Gasteiger partial charge on any atom is 0.0901 e. The van der Waals surface area contributed by atoms with E-state index in [2.05, 4.69) is 48.5 Å². The van der Waals surface area contributed by atoms with Crippen molar-refractivity contribution in [1.29, 1.82) is 0 Å². The average molecular weight is 484 g/mol. The fourth-order valence-corrected chi connectivity index (χ4v) is 14.6. The van der Waals surface area contributed by atoms with Crippen LogP contribution >= 0.6 is 24.2 Å². The Kier molecular flexibility index (Phi) is 6.70. The van der Waals surface area contributed by atoms with Crippen LogP contribution in [0.1, 0.15) is 0 Å². The quantitative estimate of drug-likeness (QED) is 0.262. The molecule has 0 heterocycles. The molecule has 0 aliphatic carbocycles.